The summed E-state index contributed by atoms with van der Waals surface area (Å²) in [5.74, 6) is 0.742. The van der Waals surface area contributed by atoms with Crippen molar-refractivity contribution in [2.24, 2.45) is 5.41 Å². The van der Waals surface area contributed by atoms with Crippen LogP contribution in [-0.4, -0.2) is 83.0 Å². The normalized spacial score (nSPS) is 21.3. The molecule has 3 aliphatic rings. The SMILES string of the molecule is CCOc1ncccc1-c1ccc(N2CCN(C(=O)C3(C)CCCC3)C[C@H]2CC)c(C(=O)N[C@@H]2CCN(Cc3oc(=O)oc3C)C2)n1. The third-order valence-electron chi connectivity index (χ3n) is 10.0. The lowest BCUT2D eigenvalue weighted by molar-refractivity contribution is -0.141. The van der Waals surface area contributed by atoms with Crippen molar-refractivity contribution in [1.82, 2.24) is 25.1 Å². The van der Waals surface area contributed by atoms with Crippen LogP contribution < -0.4 is 20.8 Å². The minimum absolute atomic E-state index is 0.0455. The van der Waals surface area contributed by atoms with Crippen LogP contribution in [0.25, 0.3) is 11.3 Å². The van der Waals surface area contributed by atoms with Gasteiger partial charge >= 0.3 is 5.82 Å². The number of piperazine rings is 1. The lowest BCUT2D eigenvalue weighted by Gasteiger charge is -2.45. The first-order valence-electron chi connectivity index (χ1n) is 17.0. The van der Waals surface area contributed by atoms with Crippen LogP contribution in [0.3, 0.4) is 0 Å². The van der Waals surface area contributed by atoms with Gasteiger partial charge in [0.05, 0.1) is 30.1 Å². The van der Waals surface area contributed by atoms with Gasteiger partial charge in [0, 0.05) is 56.4 Å². The Morgan fingerprint density at radius 1 is 1.09 bits per heavy atom. The van der Waals surface area contributed by atoms with Crippen molar-refractivity contribution in [2.45, 2.75) is 84.8 Å². The fraction of sp³-hybridized carbons (Fsp3) is 0.571. The van der Waals surface area contributed by atoms with Crippen LogP contribution in [0.5, 0.6) is 5.88 Å². The Hall–Kier alpha value is -4.19. The standard InChI is InChI=1S/C35H46N6O6/c1-5-25-21-40(33(43)35(4)14-7-8-15-35)18-19-41(25)28-12-11-27(26-10-9-16-36-32(26)45-6-2)38-30(28)31(42)37-24-13-17-39(20-24)22-29-23(3)46-34(44)47-29/h9-12,16,24-25H,5-8,13-15,17-22H2,1-4H3,(H,37,42)/t24-,25-/m1/s1. The number of likely N-dealkylation sites (tertiary alicyclic amines) is 1. The highest BCUT2D eigenvalue weighted by molar-refractivity contribution is 5.99. The number of ether oxygens (including phenoxy) is 1. The summed E-state index contributed by atoms with van der Waals surface area (Å²) in [5.41, 5.74) is 2.14. The predicted octanol–water partition coefficient (Wildman–Crippen LogP) is 4.41. The van der Waals surface area contributed by atoms with Gasteiger partial charge in [0.25, 0.3) is 5.91 Å². The van der Waals surface area contributed by atoms with E-state index in [2.05, 4.69) is 33.9 Å². The Kier molecular flexibility index (Phi) is 9.67. The number of carbonyl (C=O) groups is 2. The van der Waals surface area contributed by atoms with E-state index >= 15 is 0 Å². The van der Waals surface area contributed by atoms with Crippen LogP contribution in [0.15, 0.2) is 44.1 Å². The van der Waals surface area contributed by atoms with E-state index in [0.29, 0.717) is 73.7 Å². The molecular weight excluding hydrogens is 600 g/mol. The molecule has 1 saturated carbocycles. The number of nitrogens with one attached hydrogen (secondary N) is 1. The number of aryl methyl sites for hydroxylation is 1. The van der Waals surface area contributed by atoms with Gasteiger partial charge in [-0.3, -0.25) is 14.5 Å². The van der Waals surface area contributed by atoms with Crippen LogP contribution in [0.1, 0.15) is 81.3 Å². The molecule has 2 atom stereocenters. The molecule has 12 nitrogen and oxygen atoms in total. The number of rotatable bonds is 10. The minimum Gasteiger partial charge on any atom is -0.477 e. The lowest BCUT2D eigenvalue weighted by atomic mass is 9.86. The van der Waals surface area contributed by atoms with Gasteiger partial charge in [-0.2, -0.15) is 0 Å². The van der Waals surface area contributed by atoms with E-state index in [4.69, 9.17) is 18.6 Å². The van der Waals surface area contributed by atoms with Crippen molar-refractivity contribution >= 4 is 17.5 Å². The molecule has 2 saturated heterocycles. The highest BCUT2D eigenvalue weighted by Gasteiger charge is 2.42. The number of hydrogen-bond donors (Lipinski definition) is 1. The molecule has 1 N–H and O–H groups in total. The van der Waals surface area contributed by atoms with Crippen molar-refractivity contribution < 1.29 is 23.2 Å². The summed E-state index contributed by atoms with van der Waals surface area (Å²) < 4.78 is 16.0. The van der Waals surface area contributed by atoms with Gasteiger partial charge in [-0.1, -0.05) is 26.7 Å². The highest BCUT2D eigenvalue weighted by atomic mass is 16.6. The average molecular weight is 647 g/mol. The van der Waals surface area contributed by atoms with Gasteiger partial charge in [0.2, 0.25) is 11.8 Å². The first-order valence-corrected chi connectivity index (χ1v) is 17.0. The summed E-state index contributed by atoms with van der Waals surface area (Å²) in [5, 5.41) is 3.23. The van der Waals surface area contributed by atoms with Crippen LogP contribution >= 0.6 is 0 Å². The second kappa shape index (κ2) is 13.9. The van der Waals surface area contributed by atoms with Gasteiger partial charge in [-0.05, 0) is 63.8 Å². The largest absolute Gasteiger partial charge is 0.519 e. The number of hydrogen-bond acceptors (Lipinski definition) is 10. The molecule has 6 rings (SSSR count). The van der Waals surface area contributed by atoms with E-state index in [1.54, 1.807) is 13.1 Å². The first kappa shape index (κ1) is 32.7. The Morgan fingerprint density at radius 2 is 1.89 bits per heavy atom. The molecule has 0 spiro atoms. The molecule has 47 heavy (non-hydrogen) atoms. The molecule has 2 amide bonds. The van der Waals surface area contributed by atoms with E-state index in [9.17, 15) is 14.4 Å². The number of anilines is 1. The van der Waals surface area contributed by atoms with E-state index in [1.807, 2.05) is 36.1 Å². The fourth-order valence-corrected chi connectivity index (χ4v) is 7.37. The van der Waals surface area contributed by atoms with Crippen molar-refractivity contribution in [3.05, 3.63) is 58.3 Å². The van der Waals surface area contributed by atoms with Crippen molar-refractivity contribution in [3.63, 3.8) is 0 Å². The van der Waals surface area contributed by atoms with Crippen molar-refractivity contribution in [2.75, 3.05) is 44.2 Å². The molecule has 0 unspecified atom stereocenters. The summed E-state index contributed by atoms with van der Waals surface area (Å²) >= 11 is 0. The highest BCUT2D eigenvalue weighted by Crippen LogP contribution is 2.40. The Bertz CT molecular complexity index is 1650. The summed E-state index contributed by atoms with van der Waals surface area (Å²) in [4.78, 5) is 55.1. The Labute approximate surface area is 275 Å². The van der Waals surface area contributed by atoms with Crippen molar-refractivity contribution in [1.29, 1.82) is 0 Å². The van der Waals surface area contributed by atoms with E-state index in [-0.39, 0.29) is 29.3 Å². The zero-order valence-electron chi connectivity index (χ0n) is 27.9. The molecular formula is C35H46N6O6. The summed E-state index contributed by atoms with van der Waals surface area (Å²) in [6.07, 6.45) is 7.36. The topological polar surface area (TPSA) is 134 Å². The molecule has 3 aromatic rings. The van der Waals surface area contributed by atoms with Crippen LogP contribution in [-0.2, 0) is 11.3 Å². The van der Waals surface area contributed by atoms with Crippen LogP contribution in [0, 0.1) is 12.3 Å². The van der Waals surface area contributed by atoms with E-state index in [1.165, 1.54) is 0 Å². The number of amides is 2. The predicted molar refractivity (Wildman–Crippen MR) is 176 cm³/mol. The third-order valence-corrected chi connectivity index (χ3v) is 10.0. The van der Waals surface area contributed by atoms with Gasteiger partial charge in [-0.25, -0.2) is 14.8 Å². The molecule has 0 bridgehead atoms. The zero-order valence-corrected chi connectivity index (χ0v) is 27.9. The molecule has 3 fully saturated rings. The molecule has 0 radical (unpaired) electrons. The Balaban J connectivity index is 1.26. The number of pyridine rings is 2. The molecule has 252 valence electrons. The van der Waals surface area contributed by atoms with Gasteiger partial charge in [-0.15, -0.1) is 0 Å². The lowest BCUT2D eigenvalue weighted by Crippen LogP contribution is -2.57. The summed E-state index contributed by atoms with van der Waals surface area (Å²) in [6, 6.07) is 7.56. The quantitative estimate of drug-likeness (QED) is 0.338. The Morgan fingerprint density at radius 3 is 2.62 bits per heavy atom. The summed E-state index contributed by atoms with van der Waals surface area (Å²) in [7, 11) is 0. The molecule has 1 aliphatic carbocycles. The van der Waals surface area contributed by atoms with Crippen molar-refractivity contribution in [3.8, 4) is 17.1 Å². The maximum atomic E-state index is 14.2. The number of nitrogens with zero attached hydrogens (tertiary/aromatic N) is 5. The second-order valence-corrected chi connectivity index (χ2v) is 13.3. The molecule has 12 heteroatoms. The monoisotopic (exact) mass is 646 g/mol. The first-order chi connectivity index (χ1) is 22.7. The summed E-state index contributed by atoms with van der Waals surface area (Å²) in [6.45, 7) is 11.9. The molecule has 5 heterocycles. The minimum atomic E-state index is -0.704. The number of carbonyl (C=O) groups excluding carboxylic acids is 2. The van der Waals surface area contributed by atoms with Gasteiger partial charge in [0.1, 0.15) is 5.76 Å². The van der Waals surface area contributed by atoms with Gasteiger partial charge in [0.15, 0.2) is 11.5 Å². The molecule has 3 aromatic heterocycles. The van der Waals surface area contributed by atoms with E-state index in [0.717, 1.165) is 50.8 Å². The smallest absolute Gasteiger partial charge is 0.477 e. The maximum Gasteiger partial charge on any atom is 0.519 e. The number of aromatic nitrogens is 2. The molecule has 0 aromatic carbocycles. The third kappa shape index (κ3) is 6.93. The zero-order chi connectivity index (χ0) is 33.1. The fourth-order valence-electron chi connectivity index (χ4n) is 7.37. The van der Waals surface area contributed by atoms with E-state index < -0.39 is 5.82 Å². The molecule has 2 aliphatic heterocycles. The van der Waals surface area contributed by atoms with Crippen LogP contribution in [0.2, 0.25) is 0 Å². The maximum absolute atomic E-state index is 14.2. The van der Waals surface area contributed by atoms with Gasteiger partial charge < -0.3 is 28.7 Å². The van der Waals surface area contributed by atoms with Crippen LogP contribution in [0.4, 0.5) is 5.69 Å². The second-order valence-electron chi connectivity index (χ2n) is 13.3. The average Bonchev–Trinajstić information content (AvgIpc) is 3.80.